The lowest BCUT2D eigenvalue weighted by Gasteiger charge is -2.13. The summed E-state index contributed by atoms with van der Waals surface area (Å²) in [6, 6.07) is 2.70. The Balaban J connectivity index is 2.52. The molecule has 0 fully saturated rings. The van der Waals surface area contributed by atoms with Crippen molar-refractivity contribution in [1.82, 2.24) is 0 Å². The van der Waals surface area contributed by atoms with Crippen molar-refractivity contribution >= 4 is 27.3 Å². The van der Waals surface area contributed by atoms with E-state index in [1.165, 1.54) is 11.3 Å². The van der Waals surface area contributed by atoms with E-state index in [0.29, 0.717) is 17.7 Å². The number of hydrogen-bond donors (Lipinski definition) is 1. The molecule has 0 spiro atoms. The lowest BCUT2D eigenvalue weighted by Crippen LogP contribution is -2.06. The summed E-state index contributed by atoms with van der Waals surface area (Å²) in [5.41, 5.74) is -0.138. The fourth-order valence-corrected chi connectivity index (χ4v) is 3.44. The van der Waals surface area contributed by atoms with Crippen LogP contribution in [0.15, 0.2) is 22.0 Å². The van der Waals surface area contributed by atoms with Gasteiger partial charge in [0.2, 0.25) is 0 Å². The molecule has 1 N–H and O–H groups in total. The van der Waals surface area contributed by atoms with Crippen LogP contribution in [-0.2, 0) is 0 Å². The highest BCUT2D eigenvalue weighted by molar-refractivity contribution is 9.11. The van der Waals surface area contributed by atoms with Crippen LogP contribution in [0.1, 0.15) is 22.1 Å². The van der Waals surface area contributed by atoms with Gasteiger partial charge in [-0.3, -0.25) is 0 Å². The number of hydrogen-bond acceptors (Lipinski definition) is 2. The molecule has 1 aromatic heterocycles. The molecule has 1 heterocycles. The first-order valence-electron chi connectivity index (χ1n) is 4.98. The van der Waals surface area contributed by atoms with Gasteiger partial charge in [0, 0.05) is 17.0 Å². The molecule has 96 valence electrons. The molecule has 1 atom stereocenters. The Bertz CT molecular complexity index is 574. The van der Waals surface area contributed by atoms with E-state index in [1.807, 2.05) is 0 Å². The minimum Gasteiger partial charge on any atom is -0.383 e. The van der Waals surface area contributed by atoms with Crippen molar-refractivity contribution in [1.29, 1.82) is 0 Å². The fourth-order valence-electron chi connectivity index (χ4n) is 1.70. The molecule has 0 saturated heterocycles. The van der Waals surface area contributed by atoms with Crippen molar-refractivity contribution in [2.45, 2.75) is 13.0 Å². The summed E-state index contributed by atoms with van der Waals surface area (Å²) in [5.74, 6) is -3.20. The second kappa shape index (κ2) is 5.03. The Kier molecular flexibility index (Phi) is 3.79. The molecule has 6 heteroatoms. The summed E-state index contributed by atoms with van der Waals surface area (Å²) < 4.78 is 40.6. The Labute approximate surface area is 114 Å². The van der Waals surface area contributed by atoms with Gasteiger partial charge < -0.3 is 5.11 Å². The summed E-state index contributed by atoms with van der Waals surface area (Å²) in [6.45, 7) is 1.73. The quantitative estimate of drug-likeness (QED) is 0.865. The monoisotopic (exact) mass is 336 g/mol. The van der Waals surface area contributed by atoms with Gasteiger partial charge in [-0.25, -0.2) is 13.2 Å². The summed E-state index contributed by atoms with van der Waals surface area (Å²) >= 11 is 4.58. The van der Waals surface area contributed by atoms with Gasteiger partial charge in [-0.1, -0.05) is 0 Å². The topological polar surface area (TPSA) is 20.2 Å². The summed E-state index contributed by atoms with van der Waals surface area (Å²) in [4.78, 5) is 0.734. The van der Waals surface area contributed by atoms with Gasteiger partial charge in [0.1, 0.15) is 23.6 Å². The third-order valence-electron chi connectivity index (χ3n) is 2.54. The lowest BCUT2D eigenvalue weighted by molar-refractivity contribution is 0.208. The van der Waals surface area contributed by atoms with Gasteiger partial charge in [-0.15, -0.1) is 11.3 Å². The highest BCUT2D eigenvalue weighted by atomic mass is 79.9. The maximum absolute atomic E-state index is 13.5. The molecule has 0 radical (unpaired) electrons. The van der Waals surface area contributed by atoms with Crippen LogP contribution in [0, 0.1) is 24.4 Å². The minimum atomic E-state index is -1.45. The number of benzene rings is 1. The molecule has 2 rings (SSSR count). The number of halogens is 4. The molecular weight excluding hydrogens is 329 g/mol. The second-order valence-electron chi connectivity index (χ2n) is 3.75. The van der Waals surface area contributed by atoms with Crippen LogP contribution < -0.4 is 0 Å². The van der Waals surface area contributed by atoms with Crippen LogP contribution >= 0.6 is 27.3 Å². The normalized spacial score (nSPS) is 12.8. The average molecular weight is 337 g/mol. The van der Waals surface area contributed by atoms with Gasteiger partial charge in [0.05, 0.1) is 9.35 Å². The number of aliphatic hydroxyl groups excluding tert-OH is 1. The van der Waals surface area contributed by atoms with E-state index >= 15 is 0 Å². The fraction of sp³-hybridized carbons (Fsp3) is 0.167. The highest BCUT2D eigenvalue weighted by Crippen LogP contribution is 2.35. The standard InChI is InChI=1S/C12H8BrF3OS/c1-5-7(4-10(13)18-5)12(17)11-8(15)2-6(14)3-9(11)16/h2-4,12,17H,1H3. The average Bonchev–Trinajstić information content (AvgIpc) is 2.56. The Morgan fingerprint density at radius 2 is 1.72 bits per heavy atom. The molecule has 0 amide bonds. The predicted molar refractivity (Wildman–Crippen MR) is 67.1 cm³/mol. The molecular formula is C12H8BrF3OS. The van der Waals surface area contributed by atoms with E-state index in [9.17, 15) is 18.3 Å². The molecule has 0 aliphatic rings. The first-order valence-corrected chi connectivity index (χ1v) is 6.59. The van der Waals surface area contributed by atoms with Crippen molar-refractivity contribution in [3.8, 4) is 0 Å². The van der Waals surface area contributed by atoms with Gasteiger partial charge in [0.25, 0.3) is 0 Å². The first kappa shape index (κ1) is 13.6. The third-order valence-corrected chi connectivity index (χ3v) is 4.11. The van der Waals surface area contributed by atoms with E-state index in [4.69, 9.17) is 0 Å². The molecule has 0 saturated carbocycles. The van der Waals surface area contributed by atoms with Gasteiger partial charge >= 0.3 is 0 Å². The van der Waals surface area contributed by atoms with Gasteiger partial charge in [-0.2, -0.15) is 0 Å². The second-order valence-corrected chi connectivity index (χ2v) is 6.38. The number of aliphatic hydroxyl groups is 1. The van der Waals surface area contributed by atoms with Crippen LogP contribution in [-0.4, -0.2) is 5.11 Å². The van der Waals surface area contributed by atoms with Crippen LogP contribution in [0.2, 0.25) is 0 Å². The van der Waals surface area contributed by atoms with Crippen molar-refractivity contribution < 1.29 is 18.3 Å². The Morgan fingerprint density at radius 3 is 2.17 bits per heavy atom. The first-order chi connectivity index (χ1) is 8.40. The molecule has 0 aliphatic heterocycles. The van der Waals surface area contributed by atoms with Crippen molar-refractivity contribution in [2.24, 2.45) is 0 Å². The molecule has 1 aromatic carbocycles. The molecule has 2 aromatic rings. The SMILES string of the molecule is Cc1sc(Br)cc1C(O)c1c(F)cc(F)cc1F. The Hall–Kier alpha value is -0.850. The minimum absolute atomic E-state index is 0.399. The van der Waals surface area contributed by atoms with E-state index in [2.05, 4.69) is 15.9 Å². The number of rotatable bonds is 2. The largest absolute Gasteiger partial charge is 0.383 e. The molecule has 1 unspecified atom stereocenters. The van der Waals surface area contributed by atoms with Crippen molar-refractivity contribution in [2.75, 3.05) is 0 Å². The van der Waals surface area contributed by atoms with Gasteiger partial charge in [-0.05, 0) is 34.5 Å². The zero-order chi connectivity index (χ0) is 13.4. The van der Waals surface area contributed by atoms with E-state index in [-0.39, 0.29) is 0 Å². The van der Waals surface area contributed by atoms with Crippen LogP contribution in [0.5, 0.6) is 0 Å². The molecule has 0 bridgehead atoms. The van der Waals surface area contributed by atoms with E-state index in [1.54, 1.807) is 13.0 Å². The van der Waals surface area contributed by atoms with E-state index in [0.717, 1.165) is 8.66 Å². The number of thiophene rings is 1. The zero-order valence-electron chi connectivity index (χ0n) is 9.18. The third kappa shape index (κ3) is 2.46. The lowest BCUT2D eigenvalue weighted by atomic mass is 10.0. The van der Waals surface area contributed by atoms with Crippen LogP contribution in [0.25, 0.3) is 0 Å². The predicted octanol–water partition coefficient (Wildman–Crippen LogP) is 4.32. The van der Waals surface area contributed by atoms with Gasteiger partial charge in [0.15, 0.2) is 0 Å². The zero-order valence-corrected chi connectivity index (χ0v) is 11.6. The highest BCUT2D eigenvalue weighted by Gasteiger charge is 2.23. The summed E-state index contributed by atoms with van der Waals surface area (Å²) in [7, 11) is 0. The summed E-state index contributed by atoms with van der Waals surface area (Å²) in [5, 5.41) is 10.0. The van der Waals surface area contributed by atoms with Crippen molar-refractivity contribution in [3.05, 3.63) is 55.4 Å². The molecule has 18 heavy (non-hydrogen) atoms. The maximum Gasteiger partial charge on any atom is 0.135 e. The van der Waals surface area contributed by atoms with Crippen LogP contribution in [0.3, 0.4) is 0 Å². The van der Waals surface area contributed by atoms with Crippen molar-refractivity contribution in [3.63, 3.8) is 0 Å². The van der Waals surface area contributed by atoms with E-state index < -0.39 is 29.1 Å². The Morgan fingerprint density at radius 1 is 1.17 bits per heavy atom. The number of aryl methyl sites for hydroxylation is 1. The maximum atomic E-state index is 13.5. The van der Waals surface area contributed by atoms with Crippen LogP contribution in [0.4, 0.5) is 13.2 Å². The molecule has 0 aliphatic carbocycles. The summed E-state index contributed by atoms with van der Waals surface area (Å²) in [6.07, 6.45) is -1.45. The smallest absolute Gasteiger partial charge is 0.135 e. The molecule has 1 nitrogen and oxygen atoms in total.